The smallest absolute Gasteiger partial charge is 0.236 e. The van der Waals surface area contributed by atoms with Crippen molar-refractivity contribution in [3.63, 3.8) is 0 Å². The molecule has 3 nitrogen and oxygen atoms in total. The second kappa shape index (κ2) is 6.14. The molecule has 0 saturated carbocycles. The van der Waals surface area contributed by atoms with Gasteiger partial charge in [-0.25, -0.2) is 4.79 Å². The molecule has 16 heavy (non-hydrogen) atoms. The van der Waals surface area contributed by atoms with Crippen molar-refractivity contribution in [1.29, 1.82) is 0 Å². The van der Waals surface area contributed by atoms with Gasteiger partial charge in [0.25, 0.3) is 0 Å². The van der Waals surface area contributed by atoms with Crippen molar-refractivity contribution < 1.29 is 14.0 Å². The molecule has 0 N–H and O–H groups in total. The van der Waals surface area contributed by atoms with E-state index >= 15 is 0 Å². The van der Waals surface area contributed by atoms with E-state index in [2.05, 4.69) is 0 Å². The van der Waals surface area contributed by atoms with Gasteiger partial charge in [0.1, 0.15) is 11.7 Å². The molecule has 0 aliphatic heterocycles. The van der Waals surface area contributed by atoms with E-state index in [1.807, 2.05) is 33.6 Å². The number of hydrogen-bond donors (Lipinski definition) is 0. The van der Waals surface area contributed by atoms with E-state index in [-0.39, 0.29) is 23.3 Å². The molecule has 0 amide bonds. The highest BCUT2D eigenvalue weighted by Gasteiger charge is 2.46. The lowest BCUT2D eigenvalue weighted by molar-refractivity contribution is -0.116. The van der Waals surface area contributed by atoms with Crippen LogP contribution in [0.1, 0.15) is 41.0 Å². The third kappa shape index (κ3) is 2.91. The molecular weight excluding hydrogens is 220 g/mol. The van der Waals surface area contributed by atoms with E-state index in [1.165, 1.54) is 6.92 Å². The SMILES string of the molecule is CO[Si](C(=C=O)CC(C)=O)(C(C)C)C(C)C. The van der Waals surface area contributed by atoms with Crippen LogP contribution in [-0.4, -0.2) is 27.2 Å². The van der Waals surface area contributed by atoms with Crippen LogP contribution in [0, 0.1) is 0 Å². The number of Topliss-reactive ketones (excluding diaryl/α,β-unsaturated/α-hetero) is 1. The van der Waals surface area contributed by atoms with Gasteiger partial charge in [-0.3, -0.25) is 4.79 Å². The van der Waals surface area contributed by atoms with Gasteiger partial charge in [-0.1, -0.05) is 27.7 Å². The summed E-state index contributed by atoms with van der Waals surface area (Å²) in [7, 11) is -0.702. The minimum atomic E-state index is -2.34. The largest absolute Gasteiger partial charge is 0.415 e. The summed E-state index contributed by atoms with van der Waals surface area (Å²) in [6.45, 7) is 9.69. The fraction of sp³-hybridized carbons (Fsp3) is 0.750. The normalized spacial score (nSPS) is 11.8. The average Bonchev–Trinajstić information content (AvgIpc) is 2.16. The van der Waals surface area contributed by atoms with E-state index in [4.69, 9.17) is 4.43 Å². The van der Waals surface area contributed by atoms with Crippen LogP contribution in [0.25, 0.3) is 0 Å². The van der Waals surface area contributed by atoms with Crippen LogP contribution in [-0.2, 0) is 14.0 Å². The van der Waals surface area contributed by atoms with Gasteiger partial charge in [0.05, 0.1) is 0 Å². The maximum Gasteiger partial charge on any atom is 0.236 e. The number of allylic oxidation sites excluding steroid dienone is 1. The van der Waals surface area contributed by atoms with Crippen molar-refractivity contribution in [2.45, 2.75) is 52.1 Å². The van der Waals surface area contributed by atoms with Crippen molar-refractivity contribution in [2.75, 3.05) is 7.11 Å². The number of rotatable bonds is 6. The van der Waals surface area contributed by atoms with Crippen molar-refractivity contribution in [1.82, 2.24) is 0 Å². The van der Waals surface area contributed by atoms with Crippen LogP contribution < -0.4 is 0 Å². The second-order valence-electron chi connectivity index (χ2n) is 4.77. The molecule has 0 aromatic heterocycles. The lowest BCUT2D eigenvalue weighted by Gasteiger charge is -2.37. The first-order chi connectivity index (χ1) is 7.32. The predicted molar refractivity (Wildman–Crippen MR) is 67.5 cm³/mol. The summed E-state index contributed by atoms with van der Waals surface area (Å²) >= 11 is 0. The number of carbonyl (C=O) groups excluding carboxylic acids is 2. The van der Waals surface area contributed by atoms with E-state index in [0.717, 1.165) is 0 Å². The maximum atomic E-state index is 11.2. The highest BCUT2D eigenvalue weighted by atomic mass is 28.4. The van der Waals surface area contributed by atoms with Gasteiger partial charge >= 0.3 is 0 Å². The molecule has 0 heterocycles. The molecule has 0 unspecified atom stereocenters. The third-order valence-electron chi connectivity index (χ3n) is 3.07. The van der Waals surface area contributed by atoms with Crippen LogP contribution >= 0.6 is 0 Å². The Hall–Kier alpha value is -0.703. The summed E-state index contributed by atoms with van der Waals surface area (Å²) < 4.78 is 5.70. The first kappa shape index (κ1) is 15.3. The molecule has 0 saturated heterocycles. The van der Waals surface area contributed by atoms with E-state index in [0.29, 0.717) is 5.20 Å². The predicted octanol–water partition coefficient (Wildman–Crippen LogP) is 2.67. The number of hydrogen-bond acceptors (Lipinski definition) is 3. The van der Waals surface area contributed by atoms with Crippen LogP contribution in [0.4, 0.5) is 0 Å². The van der Waals surface area contributed by atoms with Crippen LogP contribution in [0.2, 0.25) is 11.1 Å². The Kier molecular flexibility index (Phi) is 5.87. The molecule has 0 aliphatic rings. The van der Waals surface area contributed by atoms with Crippen molar-refractivity contribution in [3.8, 4) is 0 Å². The summed E-state index contributed by atoms with van der Waals surface area (Å²) in [5.41, 5.74) is 0.515. The molecule has 0 aromatic rings. The minimum absolute atomic E-state index is 0.00595. The molecule has 0 bridgehead atoms. The zero-order valence-corrected chi connectivity index (χ0v) is 12.1. The van der Waals surface area contributed by atoms with E-state index in [1.54, 1.807) is 7.11 Å². The molecule has 0 radical (unpaired) electrons. The van der Waals surface area contributed by atoms with Gasteiger partial charge in [0.15, 0.2) is 0 Å². The second-order valence-corrected chi connectivity index (χ2v) is 9.67. The maximum absolute atomic E-state index is 11.2. The molecule has 92 valence electrons. The molecule has 0 aromatic carbocycles. The average molecular weight is 242 g/mol. The van der Waals surface area contributed by atoms with Gasteiger partial charge in [-0.2, -0.15) is 0 Å². The van der Waals surface area contributed by atoms with Gasteiger partial charge in [0, 0.05) is 18.7 Å². The lowest BCUT2D eigenvalue weighted by Crippen LogP contribution is -2.47. The van der Waals surface area contributed by atoms with Gasteiger partial charge < -0.3 is 4.43 Å². The van der Waals surface area contributed by atoms with Crippen molar-refractivity contribution >= 4 is 20.0 Å². The first-order valence-electron chi connectivity index (χ1n) is 5.61. The molecular formula is C12H22O3Si. The summed E-state index contributed by atoms with van der Waals surface area (Å²) in [5.74, 6) is 1.96. The highest BCUT2D eigenvalue weighted by molar-refractivity contribution is 6.84. The van der Waals surface area contributed by atoms with Crippen LogP contribution in [0.5, 0.6) is 0 Å². The standard InChI is InChI=1S/C12H22O3Si/c1-9(2)16(15-6,10(3)4)12(8-13)7-11(5)14/h9-10H,7H2,1-6H3. The quantitative estimate of drug-likeness (QED) is 0.531. The monoisotopic (exact) mass is 242 g/mol. The van der Waals surface area contributed by atoms with Gasteiger partial charge in [0.2, 0.25) is 8.32 Å². The third-order valence-corrected chi connectivity index (χ3v) is 8.40. The molecule has 0 rings (SSSR count). The van der Waals surface area contributed by atoms with Crippen molar-refractivity contribution in [2.24, 2.45) is 0 Å². The summed E-state index contributed by atoms with van der Waals surface area (Å²) in [4.78, 5) is 22.3. The molecule has 0 atom stereocenters. The lowest BCUT2D eigenvalue weighted by atomic mass is 10.3. The topological polar surface area (TPSA) is 43.4 Å². The fourth-order valence-corrected chi connectivity index (χ4v) is 7.06. The summed E-state index contributed by atoms with van der Waals surface area (Å²) in [5, 5.41) is 0.563. The fourth-order valence-electron chi connectivity index (χ4n) is 2.46. The zero-order valence-electron chi connectivity index (χ0n) is 11.1. The zero-order chi connectivity index (χ0) is 12.9. The molecule has 0 fully saturated rings. The van der Waals surface area contributed by atoms with Gasteiger partial charge in [-0.05, 0) is 18.0 Å². The van der Waals surface area contributed by atoms with Gasteiger partial charge in [-0.15, -0.1) is 0 Å². The van der Waals surface area contributed by atoms with Crippen molar-refractivity contribution in [3.05, 3.63) is 5.20 Å². The Labute approximate surface area is 99.0 Å². The Morgan fingerprint density at radius 3 is 1.88 bits per heavy atom. The first-order valence-corrected chi connectivity index (χ1v) is 7.68. The van der Waals surface area contributed by atoms with Crippen LogP contribution in [0.3, 0.4) is 0 Å². The van der Waals surface area contributed by atoms with E-state index in [9.17, 15) is 9.59 Å². The minimum Gasteiger partial charge on any atom is -0.415 e. The Balaban J connectivity index is 5.47. The number of ketones is 1. The Morgan fingerprint density at radius 2 is 1.69 bits per heavy atom. The summed E-state index contributed by atoms with van der Waals surface area (Å²) in [6.07, 6.45) is 0.180. The highest BCUT2D eigenvalue weighted by Crippen LogP contribution is 2.38. The van der Waals surface area contributed by atoms with E-state index < -0.39 is 8.32 Å². The summed E-state index contributed by atoms with van der Waals surface area (Å²) in [6, 6.07) is 0. The Bertz CT molecular complexity index is 293. The molecule has 4 heteroatoms. The molecule has 0 spiro atoms. The Morgan fingerprint density at radius 1 is 1.25 bits per heavy atom. The molecule has 0 aliphatic carbocycles. The number of carbonyl (C=O) groups is 1. The van der Waals surface area contributed by atoms with Crippen LogP contribution in [0.15, 0.2) is 5.20 Å².